The Hall–Kier alpha value is -3.60. The van der Waals surface area contributed by atoms with Crippen molar-refractivity contribution < 1.29 is 9.59 Å². The first-order valence-corrected chi connectivity index (χ1v) is 9.04. The topological polar surface area (TPSA) is 61.4 Å². The highest BCUT2D eigenvalue weighted by atomic mass is 16.2. The van der Waals surface area contributed by atoms with Crippen LogP contribution in [0.5, 0.6) is 0 Å². The van der Waals surface area contributed by atoms with Gasteiger partial charge in [0, 0.05) is 43.1 Å². The molecule has 142 valence electrons. The van der Waals surface area contributed by atoms with E-state index in [9.17, 15) is 9.59 Å². The zero-order valence-electron chi connectivity index (χ0n) is 16.0. The van der Waals surface area contributed by atoms with Crippen molar-refractivity contribution in [3.05, 3.63) is 95.6 Å². The molecule has 0 saturated heterocycles. The Morgan fingerprint density at radius 3 is 2.07 bits per heavy atom. The second kappa shape index (κ2) is 8.86. The van der Waals surface area contributed by atoms with E-state index in [1.165, 1.54) is 0 Å². The Kier molecular flexibility index (Phi) is 6.07. The van der Waals surface area contributed by atoms with Crippen molar-refractivity contribution in [3.63, 3.8) is 0 Å². The van der Waals surface area contributed by atoms with E-state index in [0.29, 0.717) is 23.4 Å². The standard InChI is InChI=1S/C23H23N3O2/c1-26(2)21-13-11-20(12-14-21)25-23(28)19-10-6-9-18(15-19)22(27)24-16-17-7-4-3-5-8-17/h3-15H,16H2,1-2H3,(H,24,27)(H,25,28). The van der Waals surface area contributed by atoms with Crippen molar-refractivity contribution >= 4 is 23.2 Å². The molecule has 0 atom stereocenters. The Morgan fingerprint density at radius 2 is 1.43 bits per heavy atom. The summed E-state index contributed by atoms with van der Waals surface area (Å²) in [7, 11) is 3.92. The van der Waals surface area contributed by atoms with Gasteiger partial charge in [0.05, 0.1) is 0 Å². The second-order valence-electron chi connectivity index (χ2n) is 6.64. The number of hydrogen-bond acceptors (Lipinski definition) is 3. The van der Waals surface area contributed by atoms with Crippen LogP contribution in [-0.4, -0.2) is 25.9 Å². The number of amides is 2. The highest BCUT2D eigenvalue weighted by Gasteiger charge is 2.11. The summed E-state index contributed by atoms with van der Waals surface area (Å²) in [6, 6.07) is 24.0. The van der Waals surface area contributed by atoms with Gasteiger partial charge in [-0.25, -0.2) is 0 Å². The third-order valence-corrected chi connectivity index (χ3v) is 4.32. The van der Waals surface area contributed by atoms with E-state index in [1.807, 2.05) is 73.6 Å². The van der Waals surface area contributed by atoms with Gasteiger partial charge in [-0.3, -0.25) is 9.59 Å². The molecule has 0 bridgehead atoms. The van der Waals surface area contributed by atoms with Gasteiger partial charge in [0.1, 0.15) is 0 Å². The normalized spacial score (nSPS) is 10.2. The summed E-state index contributed by atoms with van der Waals surface area (Å²) in [5, 5.41) is 5.73. The zero-order valence-corrected chi connectivity index (χ0v) is 16.0. The summed E-state index contributed by atoms with van der Waals surface area (Å²) < 4.78 is 0. The molecule has 5 nitrogen and oxygen atoms in total. The quantitative estimate of drug-likeness (QED) is 0.688. The van der Waals surface area contributed by atoms with E-state index in [0.717, 1.165) is 11.3 Å². The third kappa shape index (κ3) is 4.98. The molecule has 2 N–H and O–H groups in total. The highest BCUT2D eigenvalue weighted by Crippen LogP contribution is 2.17. The van der Waals surface area contributed by atoms with Crippen molar-refractivity contribution in [2.24, 2.45) is 0 Å². The molecule has 0 fully saturated rings. The van der Waals surface area contributed by atoms with Gasteiger partial charge in [0.2, 0.25) is 0 Å². The van der Waals surface area contributed by atoms with Crippen LogP contribution in [0.2, 0.25) is 0 Å². The van der Waals surface area contributed by atoms with Gasteiger partial charge in [-0.05, 0) is 48.0 Å². The van der Waals surface area contributed by atoms with Gasteiger partial charge in [-0.15, -0.1) is 0 Å². The highest BCUT2D eigenvalue weighted by molar-refractivity contribution is 6.06. The summed E-state index contributed by atoms with van der Waals surface area (Å²) in [5.74, 6) is -0.468. The van der Waals surface area contributed by atoms with E-state index < -0.39 is 0 Å². The lowest BCUT2D eigenvalue weighted by atomic mass is 10.1. The van der Waals surface area contributed by atoms with Crippen LogP contribution in [0.15, 0.2) is 78.9 Å². The lowest BCUT2D eigenvalue weighted by Gasteiger charge is -2.13. The summed E-state index contributed by atoms with van der Waals surface area (Å²) >= 11 is 0. The third-order valence-electron chi connectivity index (χ3n) is 4.32. The van der Waals surface area contributed by atoms with Crippen LogP contribution < -0.4 is 15.5 Å². The van der Waals surface area contributed by atoms with E-state index in [4.69, 9.17) is 0 Å². The molecule has 0 aliphatic carbocycles. The average Bonchev–Trinajstić information content (AvgIpc) is 2.73. The maximum absolute atomic E-state index is 12.5. The molecule has 3 aromatic rings. The maximum Gasteiger partial charge on any atom is 0.255 e. The van der Waals surface area contributed by atoms with Gasteiger partial charge in [0.15, 0.2) is 0 Å². The van der Waals surface area contributed by atoms with Crippen LogP contribution in [0.3, 0.4) is 0 Å². The average molecular weight is 373 g/mol. The van der Waals surface area contributed by atoms with Gasteiger partial charge in [-0.1, -0.05) is 36.4 Å². The molecule has 0 heterocycles. The van der Waals surface area contributed by atoms with Gasteiger partial charge < -0.3 is 15.5 Å². The molecular formula is C23H23N3O2. The largest absolute Gasteiger partial charge is 0.378 e. The Labute approximate surface area is 165 Å². The minimum Gasteiger partial charge on any atom is -0.378 e. The SMILES string of the molecule is CN(C)c1ccc(NC(=O)c2cccc(C(=O)NCc3ccccc3)c2)cc1. The lowest BCUT2D eigenvalue weighted by molar-refractivity contribution is 0.0951. The summed E-state index contributed by atoms with van der Waals surface area (Å²) in [6.45, 7) is 0.439. The molecule has 0 aromatic heterocycles. The number of nitrogens with one attached hydrogen (secondary N) is 2. The molecule has 0 unspecified atom stereocenters. The minimum atomic E-state index is -0.254. The maximum atomic E-state index is 12.5. The predicted molar refractivity (Wildman–Crippen MR) is 113 cm³/mol. The van der Waals surface area contributed by atoms with Crippen molar-refractivity contribution in [2.45, 2.75) is 6.54 Å². The summed E-state index contributed by atoms with van der Waals surface area (Å²) in [5.41, 5.74) is 3.66. The predicted octanol–water partition coefficient (Wildman–Crippen LogP) is 3.93. The van der Waals surface area contributed by atoms with Crippen molar-refractivity contribution in [1.29, 1.82) is 0 Å². The molecule has 3 rings (SSSR count). The van der Waals surface area contributed by atoms with Crippen LogP contribution in [0.1, 0.15) is 26.3 Å². The van der Waals surface area contributed by atoms with Crippen LogP contribution in [0.4, 0.5) is 11.4 Å². The Bertz CT molecular complexity index is 951. The number of hydrogen-bond donors (Lipinski definition) is 2. The molecule has 0 aliphatic heterocycles. The van der Waals surface area contributed by atoms with Crippen molar-refractivity contribution in [2.75, 3.05) is 24.3 Å². The molecule has 0 saturated carbocycles. The molecule has 5 heteroatoms. The van der Waals surface area contributed by atoms with Crippen molar-refractivity contribution in [1.82, 2.24) is 5.32 Å². The Morgan fingerprint density at radius 1 is 0.786 bits per heavy atom. The summed E-state index contributed by atoms with van der Waals surface area (Å²) in [6.07, 6.45) is 0. The fraction of sp³-hybridized carbons (Fsp3) is 0.130. The fourth-order valence-electron chi connectivity index (χ4n) is 2.73. The summed E-state index contributed by atoms with van der Waals surface area (Å²) in [4.78, 5) is 26.9. The Balaban J connectivity index is 1.64. The number of rotatable bonds is 6. The van der Waals surface area contributed by atoms with Crippen molar-refractivity contribution in [3.8, 4) is 0 Å². The fourth-order valence-corrected chi connectivity index (χ4v) is 2.73. The second-order valence-corrected chi connectivity index (χ2v) is 6.64. The smallest absolute Gasteiger partial charge is 0.255 e. The molecule has 3 aromatic carbocycles. The first-order chi connectivity index (χ1) is 13.5. The van der Waals surface area contributed by atoms with E-state index in [2.05, 4.69) is 10.6 Å². The van der Waals surface area contributed by atoms with Crippen LogP contribution >= 0.6 is 0 Å². The number of carbonyl (C=O) groups is 2. The van der Waals surface area contributed by atoms with Crippen LogP contribution in [0, 0.1) is 0 Å². The molecular weight excluding hydrogens is 350 g/mol. The molecule has 0 spiro atoms. The molecule has 28 heavy (non-hydrogen) atoms. The molecule has 0 radical (unpaired) electrons. The molecule has 0 aliphatic rings. The van der Waals surface area contributed by atoms with E-state index >= 15 is 0 Å². The van der Waals surface area contributed by atoms with Gasteiger partial charge >= 0.3 is 0 Å². The zero-order chi connectivity index (χ0) is 19.9. The van der Waals surface area contributed by atoms with Crippen LogP contribution in [0.25, 0.3) is 0 Å². The van der Waals surface area contributed by atoms with Crippen LogP contribution in [-0.2, 0) is 6.54 Å². The number of benzene rings is 3. The first kappa shape index (κ1) is 19.2. The monoisotopic (exact) mass is 373 g/mol. The molecule has 2 amide bonds. The number of nitrogens with zero attached hydrogens (tertiary/aromatic N) is 1. The number of anilines is 2. The van der Waals surface area contributed by atoms with E-state index in [-0.39, 0.29) is 11.8 Å². The minimum absolute atomic E-state index is 0.214. The first-order valence-electron chi connectivity index (χ1n) is 9.04. The van der Waals surface area contributed by atoms with Gasteiger partial charge in [0.25, 0.3) is 11.8 Å². The lowest BCUT2D eigenvalue weighted by Crippen LogP contribution is -2.23. The van der Waals surface area contributed by atoms with E-state index in [1.54, 1.807) is 24.3 Å². The van der Waals surface area contributed by atoms with Gasteiger partial charge in [-0.2, -0.15) is 0 Å². The number of carbonyl (C=O) groups excluding carboxylic acids is 2.